The highest BCUT2D eigenvalue weighted by molar-refractivity contribution is 5.79. The molecule has 2 atom stereocenters. The molecule has 0 unspecified atom stereocenters. The van der Waals surface area contributed by atoms with Gasteiger partial charge in [-0.1, -0.05) is 36.2 Å². The van der Waals surface area contributed by atoms with Gasteiger partial charge in [-0.15, -0.1) is 0 Å². The summed E-state index contributed by atoms with van der Waals surface area (Å²) in [6.45, 7) is 1.19. The maximum atomic E-state index is 13.1. The van der Waals surface area contributed by atoms with E-state index < -0.39 is 0 Å². The van der Waals surface area contributed by atoms with Crippen molar-refractivity contribution in [2.75, 3.05) is 20.2 Å². The van der Waals surface area contributed by atoms with Gasteiger partial charge in [0.05, 0.1) is 19.4 Å². The van der Waals surface area contributed by atoms with E-state index in [9.17, 15) is 4.79 Å². The molecule has 1 aliphatic heterocycles. The van der Waals surface area contributed by atoms with Crippen LogP contribution in [0, 0.1) is 0 Å². The molecule has 2 aliphatic rings. The molecule has 3 aromatic rings. The van der Waals surface area contributed by atoms with Crippen molar-refractivity contribution in [2.45, 2.75) is 49.9 Å². The lowest BCUT2D eigenvalue weighted by Crippen LogP contribution is -2.30. The van der Waals surface area contributed by atoms with Crippen LogP contribution < -0.4 is 4.74 Å². The third-order valence-corrected chi connectivity index (χ3v) is 6.79. The third kappa shape index (κ3) is 4.24. The number of nitrogens with zero attached hydrogens (tertiary/aromatic N) is 4. The Labute approximate surface area is 187 Å². The highest BCUT2D eigenvalue weighted by Crippen LogP contribution is 2.40. The molecule has 2 fully saturated rings. The molecular weight excluding hydrogens is 404 g/mol. The van der Waals surface area contributed by atoms with E-state index in [0.29, 0.717) is 31.3 Å². The number of aromatic nitrogens is 3. The topological polar surface area (TPSA) is 81.4 Å². The first-order valence-electron chi connectivity index (χ1n) is 11.4. The summed E-state index contributed by atoms with van der Waals surface area (Å²) in [6.07, 6.45) is 8.71. The van der Waals surface area contributed by atoms with Crippen LogP contribution in [0.15, 0.2) is 53.3 Å². The van der Waals surface area contributed by atoms with Crippen molar-refractivity contribution in [2.24, 2.45) is 0 Å². The Balaban J connectivity index is 1.36. The second kappa shape index (κ2) is 9.10. The maximum absolute atomic E-state index is 13.1. The van der Waals surface area contributed by atoms with Crippen LogP contribution in [0.1, 0.15) is 66.3 Å². The van der Waals surface area contributed by atoms with Gasteiger partial charge in [0, 0.05) is 37.3 Å². The first kappa shape index (κ1) is 20.7. The minimum Gasteiger partial charge on any atom is -0.497 e. The van der Waals surface area contributed by atoms with E-state index in [1.165, 1.54) is 12.8 Å². The molecule has 5 rings (SSSR count). The number of ether oxygens (including phenoxy) is 1. The molecule has 32 heavy (non-hydrogen) atoms. The number of rotatable bonds is 6. The predicted molar refractivity (Wildman–Crippen MR) is 119 cm³/mol. The molecule has 1 saturated heterocycles. The Kier molecular flexibility index (Phi) is 5.88. The summed E-state index contributed by atoms with van der Waals surface area (Å²) in [7, 11) is 1.64. The highest BCUT2D eigenvalue weighted by Gasteiger charge is 2.40. The first-order chi connectivity index (χ1) is 15.7. The summed E-state index contributed by atoms with van der Waals surface area (Å²) in [4.78, 5) is 24.2. The smallest absolute Gasteiger partial charge is 0.232 e. The fourth-order valence-electron chi connectivity index (χ4n) is 4.97. The van der Waals surface area contributed by atoms with E-state index in [0.717, 1.165) is 35.5 Å². The van der Waals surface area contributed by atoms with Crippen LogP contribution in [0.25, 0.3) is 0 Å². The van der Waals surface area contributed by atoms with Gasteiger partial charge < -0.3 is 14.2 Å². The van der Waals surface area contributed by atoms with E-state index in [1.54, 1.807) is 13.3 Å². The Morgan fingerprint density at radius 3 is 2.62 bits per heavy atom. The van der Waals surface area contributed by atoms with Crippen molar-refractivity contribution in [1.82, 2.24) is 20.0 Å². The van der Waals surface area contributed by atoms with E-state index >= 15 is 0 Å². The highest BCUT2D eigenvalue weighted by atomic mass is 16.5. The molecule has 0 radical (unpaired) electrons. The average Bonchev–Trinajstić information content (AvgIpc) is 3.60. The van der Waals surface area contributed by atoms with Crippen LogP contribution in [0.2, 0.25) is 0 Å². The lowest BCUT2D eigenvalue weighted by atomic mass is 9.90. The summed E-state index contributed by atoms with van der Waals surface area (Å²) in [5.41, 5.74) is 2.07. The molecule has 1 aliphatic carbocycles. The van der Waals surface area contributed by atoms with Gasteiger partial charge in [-0.05, 0) is 42.2 Å². The fourth-order valence-corrected chi connectivity index (χ4v) is 4.97. The number of hydrogen-bond acceptors (Lipinski definition) is 6. The molecule has 2 aromatic heterocycles. The minimum atomic E-state index is -0.0262. The van der Waals surface area contributed by atoms with Gasteiger partial charge in [0.15, 0.2) is 5.82 Å². The molecule has 0 N–H and O–H groups in total. The minimum absolute atomic E-state index is 0.0262. The van der Waals surface area contributed by atoms with Gasteiger partial charge in [0.1, 0.15) is 5.75 Å². The number of hydrogen-bond donors (Lipinski definition) is 0. The fraction of sp³-hybridized carbons (Fsp3) is 0.440. The zero-order chi connectivity index (χ0) is 21.9. The number of pyridine rings is 1. The molecule has 1 aromatic carbocycles. The Hall–Kier alpha value is -3.22. The van der Waals surface area contributed by atoms with Crippen LogP contribution in [-0.2, 0) is 11.2 Å². The van der Waals surface area contributed by atoms with Crippen LogP contribution in [0.5, 0.6) is 5.75 Å². The Bertz CT molecular complexity index is 1040. The van der Waals surface area contributed by atoms with Crippen molar-refractivity contribution in [3.05, 3.63) is 71.6 Å². The second-order valence-electron chi connectivity index (χ2n) is 8.80. The number of amides is 1. The van der Waals surface area contributed by atoms with E-state index in [2.05, 4.69) is 16.2 Å². The van der Waals surface area contributed by atoms with Gasteiger partial charge in [0.2, 0.25) is 11.8 Å². The van der Waals surface area contributed by atoms with Crippen molar-refractivity contribution in [3.63, 3.8) is 0 Å². The van der Waals surface area contributed by atoms with Crippen LogP contribution >= 0.6 is 0 Å². The first-order valence-corrected chi connectivity index (χ1v) is 11.4. The monoisotopic (exact) mass is 432 g/mol. The quantitative estimate of drug-likeness (QED) is 0.584. The molecule has 3 heterocycles. The van der Waals surface area contributed by atoms with Crippen LogP contribution in [0.4, 0.5) is 0 Å². The van der Waals surface area contributed by atoms with Crippen molar-refractivity contribution in [1.29, 1.82) is 0 Å². The molecule has 1 saturated carbocycles. The summed E-state index contributed by atoms with van der Waals surface area (Å²) >= 11 is 0. The molecular formula is C25H28N4O3. The van der Waals surface area contributed by atoms with Gasteiger partial charge in [-0.3, -0.25) is 9.78 Å². The zero-order valence-corrected chi connectivity index (χ0v) is 18.3. The van der Waals surface area contributed by atoms with Gasteiger partial charge in [-0.25, -0.2) is 0 Å². The number of benzene rings is 1. The number of carbonyl (C=O) groups is 1. The standard InChI is InChI=1S/C25H28N4O3/c1-31-20-10-8-17(9-11-20)13-23(30)29-15-21(19-7-4-12-26-14-19)22(16-29)25-27-24(28-32-25)18-5-2-3-6-18/h4,7-12,14,18,21-22H,2-3,5-6,13,15-16H2,1H3/t21-,22+/m0/s1. The van der Waals surface area contributed by atoms with E-state index in [1.807, 2.05) is 41.4 Å². The van der Waals surface area contributed by atoms with Gasteiger partial charge in [-0.2, -0.15) is 4.98 Å². The average molecular weight is 433 g/mol. The maximum Gasteiger partial charge on any atom is 0.232 e. The van der Waals surface area contributed by atoms with E-state index in [-0.39, 0.29) is 17.7 Å². The van der Waals surface area contributed by atoms with Crippen molar-refractivity contribution < 1.29 is 14.1 Å². The summed E-state index contributed by atoms with van der Waals surface area (Å²) in [6, 6.07) is 11.7. The lowest BCUT2D eigenvalue weighted by molar-refractivity contribution is -0.129. The zero-order valence-electron chi connectivity index (χ0n) is 18.3. The van der Waals surface area contributed by atoms with Gasteiger partial charge in [0.25, 0.3) is 0 Å². The predicted octanol–water partition coefficient (Wildman–Crippen LogP) is 4.08. The Morgan fingerprint density at radius 2 is 1.91 bits per heavy atom. The Morgan fingerprint density at radius 1 is 1.12 bits per heavy atom. The molecule has 7 nitrogen and oxygen atoms in total. The molecule has 166 valence electrons. The normalized spacial score (nSPS) is 21.2. The lowest BCUT2D eigenvalue weighted by Gasteiger charge is -2.16. The van der Waals surface area contributed by atoms with Crippen molar-refractivity contribution in [3.8, 4) is 5.75 Å². The SMILES string of the molecule is COc1ccc(CC(=O)N2C[C@@H](c3cccnc3)[C@H](c3nc(C4CCCC4)no3)C2)cc1. The van der Waals surface area contributed by atoms with Crippen LogP contribution in [0.3, 0.4) is 0 Å². The summed E-state index contributed by atoms with van der Waals surface area (Å²) in [5.74, 6) is 2.81. The van der Waals surface area contributed by atoms with Crippen LogP contribution in [-0.4, -0.2) is 46.1 Å². The number of likely N-dealkylation sites (tertiary alicyclic amines) is 1. The summed E-state index contributed by atoms with van der Waals surface area (Å²) < 4.78 is 11.0. The molecule has 7 heteroatoms. The number of methoxy groups -OCH3 is 1. The molecule has 0 spiro atoms. The van der Waals surface area contributed by atoms with Crippen molar-refractivity contribution >= 4 is 5.91 Å². The largest absolute Gasteiger partial charge is 0.497 e. The molecule has 0 bridgehead atoms. The second-order valence-corrected chi connectivity index (χ2v) is 8.80. The third-order valence-electron chi connectivity index (χ3n) is 6.79. The number of carbonyl (C=O) groups excluding carboxylic acids is 1. The van der Waals surface area contributed by atoms with E-state index in [4.69, 9.17) is 14.2 Å². The molecule has 1 amide bonds. The van der Waals surface area contributed by atoms with Gasteiger partial charge >= 0.3 is 0 Å². The summed E-state index contributed by atoms with van der Waals surface area (Å²) in [5, 5.41) is 4.31.